The lowest BCUT2D eigenvalue weighted by molar-refractivity contribution is -0.137. The molecule has 0 N–H and O–H groups in total. The first-order chi connectivity index (χ1) is 9.01. The zero-order chi connectivity index (χ0) is 14.7. The van der Waals surface area contributed by atoms with Gasteiger partial charge < -0.3 is 9.53 Å². The maximum Gasteiger partial charge on any atom is 0.330 e. The molecular formula is C16H24O3. The van der Waals surface area contributed by atoms with Crippen LogP contribution in [-0.4, -0.2) is 18.9 Å². The third-order valence-corrected chi connectivity index (χ3v) is 2.88. The highest BCUT2D eigenvalue weighted by molar-refractivity contribution is 5.82. The van der Waals surface area contributed by atoms with Gasteiger partial charge in [0.05, 0.1) is 6.61 Å². The quantitative estimate of drug-likeness (QED) is 0.292. The van der Waals surface area contributed by atoms with Gasteiger partial charge in [0, 0.05) is 12.5 Å². The molecule has 0 aromatic heterocycles. The summed E-state index contributed by atoms with van der Waals surface area (Å²) < 4.78 is 4.76. The molecule has 0 fully saturated rings. The van der Waals surface area contributed by atoms with Gasteiger partial charge in [0.2, 0.25) is 0 Å². The maximum absolute atomic E-state index is 11.0. The number of allylic oxidation sites excluding steroid dienone is 5. The fourth-order valence-electron chi connectivity index (χ4n) is 1.53. The highest BCUT2D eigenvalue weighted by Crippen LogP contribution is 2.17. The van der Waals surface area contributed by atoms with E-state index in [0.29, 0.717) is 24.9 Å². The van der Waals surface area contributed by atoms with Gasteiger partial charge in [-0.15, -0.1) is 0 Å². The van der Waals surface area contributed by atoms with Crippen LogP contribution in [-0.2, 0) is 14.3 Å². The van der Waals surface area contributed by atoms with Crippen LogP contribution in [0.3, 0.4) is 0 Å². The van der Waals surface area contributed by atoms with Gasteiger partial charge in [0.15, 0.2) is 0 Å². The highest BCUT2D eigenvalue weighted by atomic mass is 16.5. The molecule has 0 saturated carbocycles. The average Bonchev–Trinajstić information content (AvgIpc) is 2.35. The van der Waals surface area contributed by atoms with Crippen LogP contribution in [0.4, 0.5) is 0 Å². The van der Waals surface area contributed by atoms with Crippen molar-refractivity contribution in [3.63, 3.8) is 0 Å². The Bertz CT molecular complexity index is 364. The molecule has 0 aliphatic rings. The van der Waals surface area contributed by atoms with Gasteiger partial charge in [0.25, 0.3) is 0 Å². The fourth-order valence-corrected chi connectivity index (χ4v) is 1.53. The van der Waals surface area contributed by atoms with Gasteiger partial charge in [-0.1, -0.05) is 43.7 Å². The van der Waals surface area contributed by atoms with E-state index in [-0.39, 0.29) is 5.97 Å². The summed E-state index contributed by atoms with van der Waals surface area (Å²) in [7, 11) is 0. The molecule has 2 atom stereocenters. The molecule has 19 heavy (non-hydrogen) atoms. The number of esters is 1. The molecule has 0 aliphatic heterocycles. The first kappa shape index (κ1) is 17.4. The van der Waals surface area contributed by atoms with E-state index in [2.05, 4.69) is 19.9 Å². The Morgan fingerprint density at radius 3 is 2.42 bits per heavy atom. The van der Waals surface area contributed by atoms with Crippen LogP contribution in [0.15, 0.2) is 36.0 Å². The summed E-state index contributed by atoms with van der Waals surface area (Å²) in [6, 6.07) is 0. The van der Waals surface area contributed by atoms with Crippen molar-refractivity contribution in [2.24, 2.45) is 11.8 Å². The summed E-state index contributed by atoms with van der Waals surface area (Å²) in [5, 5.41) is 0. The first-order valence-electron chi connectivity index (χ1n) is 6.64. The standard InChI is InChI=1S/C16H24O3/c1-5-19-16(18)9-7-6-8-13(2)12-15(4)14(3)10-11-17/h6-9,11-12,14-15H,5,10H2,1-4H3/b8-6+,9-7+,13-12+/t14-,15-/m0/s1. The molecule has 106 valence electrons. The Labute approximate surface area is 116 Å². The van der Waals surface area contributed by atoms with Crippen LogP contribution in [0.25, 0.3) is 0 Å². The van der Waals surface area contributed by atoms with E-state index in [0.717, 1.165) is 11.9 Å². The van der Waals surface area contributed by atoms with Crippen LogP contribution in [0, 0.1) is 11.8 Å². The molecule has 0 bridgehead atoms. The maximum atomic E-state index is 11.0. The monoisotopic (exact) mass is 264 g/mol. The van der Waals surface area contributed by atoms with Crippen molar-refractivity contribution < 1.29 is 14.3 Å². The molecule has 3 heteroatoms. The second-order valence-electron chi connectivity index (χ2n) is 4.62. The number of hydrogen-bond acceptors (Lipinski definition) is 3. The third kappa shape index (κ3) is 9.00. The summed E-state index contributed by atoms with van der Waals surface area (Å²) in [5.41, 5.74) is 1.11. The van der Waals surface area contributed by atoms with Crippen molar-refractivity contribution in [2.45, 2.75) is 34.1 Å². The molecule has 0 amide bonds. The topological polar surface area (TPSA) is 43.4 Å². The summed E-state index contributed by atoms with van der Waals surface area (Å²) in [4.78, 5) is 21.5. The van der Waals surface area contributed by atoms with Crippen molar-refractivity contribution in [2.75, 3.05) is 6.61 Å². The Hall–Kier alpha value is -1.64. The van der Waals surface area contributed by atoms with Crippen LogP contribution >= 0.6 is 0 Å². The number of aldehydes is 1. The predicted octanol–water partition coefficient (Wildman–Crippen LogP) is 3.47. The molecule has 0 aromatic rings. The molecule has 0 heterocycles. The average molecular weight is 264 g/mol. The molecule has 0 radical (unpaired) electrons. The molecule has 0 saturated heterocycles. The van der Waals surface area contributed by atoms with Crippen molar-refractivity contribution in [3.05, 3.63) is 36.0 Å². The van der Waals surface area contributed by atoms with Gasteiger partial charge in [-0.2, -0.15) is 0 Å². The number of hydrogen-bond donors (Lipinski definition) is 0. The summed E-state index contributed by atoms with van der Waals surface area (Å²) in [6.07, 6.45) is 10.5. The van der Waals surface area contributed by atoms with Crippen molar-refractivity contribution in [3.8, 4) is 0 Å². The Morgan fingerprint density at radius 1 is 1.21 bits per heavy atom. The van der Waals surface area contributed by atoms with E-state index in [1.165, 1.54) is 6.08 Å². The minimum Gasteiger partial charge on any atom is -0.463 e. The lowest BCUT2D eigenvalue weighted by Crippen LogP contribution is -2.06. The van der Waals surface area contributed by atoms with Crippen LogP contribution in [0.1, 0.15) is 34.1 Å². The van der Waals surface area contributed by atoms with Gasteiger partial charge in [-0.3, -0.25) is 0 Å². The molecule has 0 aliphatic carbocycles. The van der Waals surface area contributed by atoms with E-state index in [1.54, 1.807) is 19.1 Å². The molecule has 0 aromatic carbocycles. The predicted molar refractivity (Wildman–Crippen MR) is 77.7 cm³/mol. The third-order valence-electron chi connectivity index (χ3n) is 2.88. The van der Waals surface area contributed by atoms with Crippen LogP contribution in [0.5, 0.6) is 0 Å². The SMILES string of the molecule is CCOC(=O)/C=C/C=C/C(C)=C/[C@H](C)[C@@H](C)CC=O. The Kier molecular flexibility index (Phi) is 9.41. The van der Waals surface area contributed by atoms with Gasteiger partial charge in [-0.25, -0.2) is 4.79 Å². The molecular weight excluding hydrogens is 240 g/mol. The van der Waals surface area contributed by atoms with Crippen LogP contribution in [0.2, 0.25) is 0 Å². The smallest absolute Gasteiger partial charge is 0.330 e. The molecule has 3 nitrogen and oxygen atoms in total. The van der Waals surface area contributed by atoms with Gasteiger partial charge in [0.1, 0.15) is 6.29 Å². The number of carbonyl (C=O) groups is 2. The van der Waals surface area contributed by atoms with Crippen molar-refractivity contribution >= 4 is 12.3 Å². The number of ether oxygens (including phenoxy) is 1. The summed E-state index contributed by atoms with van der Waals surface area (Å²) >= 11 is 0. The lowest BCUT2D eigenvalue weighted by atomic mass is 9.92. The largest absolute Gasteiger partial charge is 0.463 e. The molecule has 0 unspecified atom stereocenters. The molecule has 0 rings (SSSR count). The lowest BCUT2D eigenvalue weighted by Gasteiger charge is -2.13. The zero-order valence-electron chi connectivity index (χ0n) is 12.3. The minimum atomic E-state index is -0.332. The Balaban J connectivity index is 4.31. The normalized spacial score (nSPS) is 15.7. The highest BCUT2D eigenvalue weighted by Gasteiger charge is 2.08. The van der Waals surface area contributed by atoms with E-state index in [4.69, 9.17) is 4.74 Å². The summed E-state index contributed by atoms with van der Waals surface area (Å²) in [5.74, 6) is 0.363. The number of carbonyl (C=O) groups excluding carboxylic acids is 2. The van der Waals surface area contributed by atoms with E-state index < -0.39 is 0 Å². The molecule has 0 spiro atoms. The fraction of sp³-hybridized carbons (Fsp3) is 0.500. The first-order valence-corrected chi connectivity index (χ1v) is 6.64. The van der Waals surface area contributed by atoms with E-state index in [9.17, 15) is 9.59 Å². The Morgan fingerprint density at radius 2 is 1.84 bits per heavy atom. The second-order valence-corrected chi connectivity index (χ2v) is 4.62. The van der Waals surface area contributed by atoms with E-state index in [1.807, 2.05) is 13.0 Å². The minimum absolute atomic E-state index is 0.332. The van der Waals surface area contributed by atoms with Crippen molar-refractivity contribution in [1.29, 1.82) is 0 Å². The van der Waals surface area contributed by atoms with Crippen LogP contribution < -0.4 is 0 Å². The van der Waals surface area contributed by atoms with Crippen molar-refractivity contribution in [1.82, 2.24) is 0 Å². The van der Waals surface area contributed by atoms with Gasteiger partial charge >= 0.3 is 5.97 Å². The summed E-state index contributed by atoms with van der Waals surface area (Å²) in [6.45, 7) is 8.32. The van der Waals surface area contributed by atoms with Gasteiger partial charge in [-0.05, 0) is 25.7 Å². The van der Waals surface area contributed by atoms with E-state index >= 15 is 0 Å². The number of rotatable bonds is 8. The zero-order valence-corrected chi connectivity index (χ0v) is 12.3. The second kappa shape index (κ2) is 10.3.